The van der Waals surface area contributed by atoms with E-state index in [1.54, 1.807) is 11.3 Å². The van der Waals surface area contributed by atoms with Crippen molar-refractivity contribution in [3.8, 4) is 0 Å². The fourth-order valence-corrected chi connectivity index (χ4v) is 1.96. The maximum atomic E-state index is 9.60. The highest BCUT2D eigenvalue weighted by Crippen LogP contribution is 2.12. The fraction of sp³-hybridized carbons (Fsp3) is 0.700. The van der Waals surface area contributed by atoms with E-state index in [1.165, 1.54) is 0 Å². The van der Waals surface area contributed by atoms with Gasteiger partial charge in [0.05, 0.1) is 11.1 Å². The molecule has 0 fully saturated rings. The Kier molecular flexibility index (Phi) is 4.39. The summed E-state index contributed by atoms with van der Waals surface area (Å²) >= 11 is 1.66. The third-order valence-electron chi connectivity index (χ3n) is 1.92. The molecule has 1 aromatic heterocycles. The summed E-state index contributed by atoms with van der Waals surface area (Å²) in [6.07, 6.45) is 4.29. The molecule has 1 heterocycles. The van der Waals surface area contributed by atoms with Crippen LogP contribution in [0.5, 0.6) is 0 Å². The molecule has 1 unspecified atom stereocenters. The van der Waals surface area contributed by atoms with E-state index in [-0.39, 0.29) is 6.10 Å². The van der Waals surface area contributed by atoms with Gasteiger partial charge in [0.2, 0.25) is 0 Å². The quantitative estimate of drug-likeness (QED) is 0.790. The van der Waals surface area contributed by atoms with Crippen LogP contribution < -0.4 is 0 Å². The van der Waals surface area contributed by atoms with Crippen molar-refractivity contribution in [2.24, 2.45) is 5.92 Å². The molecule has 0 amide bonds. The second-order valence-electron chi connectivity index (χ2n) is 3.75. The molecule has 1 N–H and O–H groups in total. The first kappa shape index (κ1) is 10.7. The van der Waals surface area contributed by atoms with Crippen LogP contribution in [0.3, 0.4) is 0 Å². The van der Waals surface area contributed by atoms with E-state index in [4.69, 9.17) is 0 Å². The van der Waals surface area contributed by atoms with E-state index in [2.05, 4.69) is 18.8 Å². The number of aryl methyl sites for hydroxylation is 1. The smallest absolute Gasteiger partial charge is 0.0925 e. The number of hydrogen-bond donors (Lipinski definition) is 1. The summed E-state index contributed by atoms with van der Waals surface area (Å²) in [5, 5.41) is 12.7. The predicted octanol–water partition coefficient (Wildman–Crippen LogP) is 2.48. The summed E-state index contributed by atoms with van der Waals surface area (Å²) < 4.78 is 0. The molecule has 0 aliphatic heterocycles. The summed E-state index contributed by atoms with van der Waals surface area (Å²) in [5.74, 6) is 0.575. The molecule has 0 saturated heterocycles. The first-order chi connectivity index (χ1) is 6.18. The first-order valence-corrected chi connectivity index (χ1v) is 5.63. The van der Waals surface area contributed by atoms with Gasteiger partial charge >= 0.3 is 0 Å². The number of aliphatic hydroxyl groups excluding tert-OH is 1. The van der Waals surface area contributed by atoms with E-state index < -0.39 is 0 Å². The van der Waals surface area contributed by atoms with Crippen molar-refractivity contribution in [3.05, 3.63) is 16.6 Å². The van der Waals surface area contributed by atoms with E-state index in [1.807, 2.05) is 11.6 Å². The van der Waals surface area contributed by atoms with E-state index in [9.17, 15) is 5.11 Å². The standard InChI is InChI=1S/C10H17NOS/c1-8(2)7-9(12)3-4-10-11-5-6-13-10/h5-6,8-9,12H,3-4,7H2,1-2H3. The summed E-state index contributed by atoms with van der Waals surface area (Å²) in [5.41, 5.74) is 0. The lowest BCUT2D eigenvalue weighted by Gasteiger charge is -2.11. The fourth-order valence-electron chi connectivity index (χ4n) is 1.33. The highest BCUT2D eigenvalue weighted by atomic mass is 32.1. The second kappa shape index (κ2) is 5.35. The Bertz CT molecular complexity index is 221. The van der Waals surface area contributed by atoms with Crippen LogP contribution in [0.25, 0.3) is 0 Å². The van der Waals surface area contributed by atoms with E-state index >= 15 is 0 Å². The van der Waals surface area contributed by atoms with Crippen molar-refractivity contribution in [1.82, 2.24) is 4.98 Å². The average molecular weight is 199 g/mol. The number of thiazole rings is 1. The molecule has 0 aromatic carbocycles. The molecule has 2 nitrogen and oxygen atoms in total. The van der Waals surface area contributed by atoms with Gasteiger partial charge in [-0.2, -0.15) is 0 Å². The highest BCUT2D eigenvalue weighted by molar-refractivity contribution is 7.09. The van der Waals surface area contributed by atoms with Gasteiger partial charge in [0.25, 0.3) is 0 Å². The molecule has 0 spiro atoms. The van der Waals surface area contributed by atoms with Crippen molar-refractivity contribution < 1.29 is 5.11 Å². The summed E-state index contributed by atoms with van der Waals surface area (Å²) in [4.78, 5) is 4.17. The lowest BCUT2D eigenvalue weighted by Crippen LogP contribution is -2.10. The number of nitrogens with zero attached hydrogens (tertiary/aromatic N) is 1. The Hall–Kier alpha value is -0.410. The van der Waals surface area contributed by atoms with Crippen molar-refractivity contribution in [2.45, 2.75) is 39.2 Å². The molecule has 0 bridgehead atoms. The molecule has 0 radical (unpaired) electrons. The molecular formula is C10H17NOS. The topological polar surface area (TPSA) is 33.1 Å². The first-order valence-electron chi connectivity index (χ1n) is 4.75. The Morgan fingerprint density at radius 1 is 1.54 bits per heavy atom. The van der Waals surface area contributed by atoms with Crippen LogP contribution in [0.1, 0.15) is 31.7 Å². The van der Waals surface area contributed by atoms with Crippen LogP contribution in [-0.2, 0) is 6.42 Å². The van der Waals surface area contributed by atoms with Gasteiger partial charge in [-0.15, -0.1) is 11.3 Å². The zero-order chi connectivity index (χ0) is 9.68. The Balaban J connectivity index is 2.19. The van der Waals surface area contributed by atoms with Gasteiger partial charge in [0.15, 0.2) is 0 Å². The maximum Gasteiger partial charge on any atom is 0.0925 e. The molecule has 1 rings (SSSR count). The Morgan fingerprint density at radius 2 is 2.31 bits per heavy atom. The van der Waals surface area contributed by atoms with Gasteiger partial charge in [-0.25, -0.2) is 4.98 Å². The van der Waals surface area contributed by atoms with Crippen molar-refractivity contribution in [3.63, 3.8) is 0 Å². The molecule has 13 heavy (non-hydrogen) atoms. The minimum atomic E-state index is -0.163. The minimum Gasteiger partial charge on any atom is -0.393 e. The SMILES string of the molecule is CC(C)CC(O)CCc1nccs1. The molecule has 1 atom stereocenters. The Morgan fingerprint density at radius 3 is 2.85 bits per heavy atom. The molecule has 0 aliphatic carbocycles. The van der Waals surface area contributed by atoms with Gasteiger partial charge in [0, 0.05) is 18.0 Å². The zero-order valence-corrected chi connectivity index (χ0v) is 9.05. The lowest BCUT2D eigenvalue weighted by molar-refractivity contribution is 0.139. The average Bonchev–Trinajstić information content (AvgIpc) is 2.51. The van der Waals surface area contributed by atoms with E-state index in [0.717, 1.165) is 24.3 Å². The van der Waals surface area contributed by atoms with Gasteiger partial charge in [-0.1, -0.05) is 13.8 Å². The predicted molar refractivity (Wildman–Crippen MR) is 55.9 cm³/mol. The third kappa shape index (κ3) is 4.39. The summed E-state index contributed by atoms with van der Waals surface area (Å²) in [6, 6.07) is 0. The Labute approximate surface area is 83.6 Å². The highest BCUT2D eigenvalue weighted by Gasteiger charge is 2.07. The number of aliphatic hydroxyl groups is 1. The molecule has 74 valence electrons. The van der Waals surface area contributed by atoms with Gasteiger partial charge < -0.3 is 5.11 Å². The molecule has 3 heteroatoms. The van der Waals surface area contributed by atoms with Crippen LogP contribution in [0.15, 0.2) is 11.6 Å². The molecule has 0 saturated carbocycles. The van der Waals surface area contributed by atoms with Gasteiger partial charge in [0.1, 0.15) is 0 Å². The van der Waals surface area contributed by atoms with Gasteiger partial charge in [-0.3, -0.25) is 0 Å². The molecule has 0 aliphatic rings. The summed E-state index contributed by atoms with van der Waals surface area (Å²) in [7, 11) is 0. The van der Waals surface area contributed by atoms with Crippen LogP contribution >= 0.6 is 11.3 Å². The van der Waals surface area contributed by atoms with Crippen molar-refractivity contribution >= 4 is 11.3 Å². The summed E-state index contributed by atoms with van der Waals surface area (Å²) in [6.45, 7) is 4.26. The number of aromatic nitrogens is 1. The lowest BCUT2D eigenvalue weighted by atomic mass is 10.0. The number of rotatable bonds is 5. The molecule has 1 aromatic rings. The van der Waals surface area contributed by atoms with Crippen LogP contribution in [0.2, 0.25) is 0 Å². The van der Waals surface area contributed by atoms with Crippen LogP contribution in [0.4, 0.5) is 0 Å². The minimum absolute atomic E-state index is 0.163. The largest absolute Gasteiger partial charge is 0.393 e. The maximum absolute atomic E-state index is 9.60. The van der Waals surface area contributed by atoms with Crippen LogP contribution in [-0.4, -0.2) is 16.2 Å². The van der Waals surface area contributed by atoms with Crippen LogP contribution in [0, 0.1) is 5.92 Å². The van der Waals surface area contributed by atoms with Crippen molar-refractivity contribution in [1.29, 1.82) is 0 Å². The zero-order valence-electron chi connectivity index (χ0n) is 8.23. The third-order valence-corrected chi connectivity index (χ3v) is 2.76. The second-order valence-corrected chi connectivity index (χ2v) is 4.73. The monoisotopic (exact) mass is 199 g/mol. The molecular weight excluding hydrogens is 182 g/mol. The van der Waals surface area contributed by atoms with Gasteiger partial charge in [-0.05, 0) is 18.8 Å². The normalized spacial score (nSPS) is 13.5. The number of hydrogen-bond acceptors (Lipinski definition) is 3. The van der Waals surface area contributed by atoms with Crippen molar-refractivity contribution in [2.75, 3.05) is 0 Å². The van der Waals surface area contributed by atoms with E-state index in [0.29, 0.717) is 5.92 Å².